The van der Waals surface area contributed by atoms with Crippen molar-refractivity contribution in [1.82, 2.24) is 0 Å². The molecule has 5 heteroatoms. The van der Waals surface area contributed by atoms with Gasteiger partial charge in [0.25, 0.3) is 0 Å². The zero-order valence-corrected chi connectivity index (χ0v) is 12.2. The minimum absolute atomic E-state index is 0.165. The molecular formula is C15H11BrF2O2. The van der Waals surface area contributed by atoms with Crippen LogP contribution in [-0.4, -0.2) is 6.29 Å². The predicted octanol–water partition coefficient (Wildman–Crippen LogP) is 4.43. The summed E-state index contributed by atoms with van der Waals surface area (Å²) in [6.07, 6.45) is 0.649. The molecule has 0 N–H and O–H groups in total. The van der Waals surface area contributed by atoms with Gasteiger partial charge in [-0.1, -0.05) is 12.1 Å². The quantitative estimate of drug-likeness (QED) is 0.608. The summed E-state index contributed by atoms with van der Waals surface area (Å²) in [5, 5.41) is 0. The van der Waals surface area contributed by atoms with Gasteiger partial charge in [0.05, 0.1) is 15.6 Å². The van der Waals surface area contributed by atoms with Crippen LogP contribution in [0, 0.1) is 18.6 Å². The highest BCUT2D eigenvalue weighted by molar-refractivity contribution is 9.10. The van der Waals surface area contributed by atoms with Gasteiger partial charge in [0.1, 0.15) is 24.0 Å². The highest BCUT2D eigenvalue weighted by Crippen LogP contribution is 2.26. The topological polar surface area (TPSA) is 26.3 Å². The van der Waals surface area contributed by atoms with Gasteiger partial charge >= 0.3 is 0 Å². The predicted molar refractivity (Wildman–Crippen MR) is 75.0 cm³/mol. The molecule has 2 nitrogen and oxygen atoms in total. The molecule has 0 saturated heterocycles. The lowest BCUT2D eigenvalue weighted by molar-refractivity contribution is 0.111. The smallest absolute Gasteiger partial charge is 0.153 e. The number of halogens is 3. The summed E-state index contributed by atoms with van der Waals surface area (Å²) < 4.78 is 33.0. The van der Waals surface area contributed by atoms with E-state index in [0.29, 0.717) is 17.6 Å². The third-order valence-corrected chi connectivity index (χ3v) is 3.48. The first-order valence-electron chi connectivity index (χ1n) is 5.84. The van der Waals surface area contributed by atoms with Crippen LogP contribution in [0.3, 0.4) is 0 Å². The van der Waals surface area contributed by atoms with Gasteiger partial charge < -0.3 is 4.74 Å². The van der Waals surface area contributed by atoms with Crippen molar-refractivity contribution in [2.24, 2.45) is 0 Å². The van der Waals surface area contributed by atoms with Crippen LogP contribution < -0.4 is 4.74 Å². The van der Waals surface area contributed by atoms with E-state index in [9.17, 15) is 13.6 Å². The van der Waals surface area contributed by atoms with Crippen LogP contribution in [-0.2, 0) is 6.61 Å². The maximum atomic E-state index is 13.8. The summed E-state index contributed by atoms with van der Waals surface area (Å²) in [5.74, 6) is -1.06. The van der Waals surface area contributed by atoms with E-state index in [0.717, 1.165) is 11.6 Å². The van der Waals surface area contributed by atoms with Gasteiger partial charge in [-0.25, -0.2) is 8.78 Å². The van der Waals surface area contributed by atoms with E-state index in [1.54, 1.807) is 25.1 Å². The van der Waals surface area contributed by atoms with E-state index in [4.69, 9.17) is 4.74 Å². The van der Waals surface area contributed by atoms with Crippen LogP contribution >= 0.6 is 15.9 Å². The number of benzene rings is 2. The Labute approximate surface area is 123 Å². The van der Waals surface area contributed by atoms with Crippen molar-refractivity contribution >= 4 is 22.2 Å². The summed E-state index contributed by atoms with van der Waals surface area (Å²) in [5.41, 5.74) is 0.894. The fourth-order valence-corrected chi connectivity index (χ4v) is 2.18. The van der Waals surface area contributed by atoms with Crippen molar-refractivity contribution in [2.75, 3.05) is 0 Å². The normalized spacial score (nSPS) is 10.4. The van der Waals surface area contributed by atoms with Crippen molar-refractivity contribution in [1.29, 1.82) is 0 Å². The summed E-state index contributed by atoms with van der Waals surface area (Å²) in [6, 6.07) is 7.51. The molecule has 0 aliphatic heterocycles. The number of carbonyl (C=O) groups is 1. The first-order chi connectivity index (χ1) is 9.54. The van der Waals surface area contributed by atoms with E-state index < -0.39 is 11.6 Å². The number of aldehydes is 1. The molecule has 2 aromatic rings. The number of rotatable bonds is 4. The molecule has 0 radical (unpaired) electrons. The van der Waals surface area contributed by atoms with Crippen LogP contribution in [0.25, 0.3) is 0 Å². The minimum Gasteiger partial charge on any atom is -0.488 e. The molecule has 0 aromatic heterocycles. The van der Waals surface area contributed by atoms with E-state index in [1.807, 2.05) is 0 Å². The maximum absolute atomic E-state index is 13.8. The van der Waals surface area contributed by atoms with E-state index in [1.165, 1.54) is 6.07 Å². The van der Waals surface area contributed by atoms with Crippen LogP contribution in [0.1, 0.15) is 21.5 Å². The van der Waals surface area contributed by atoms with E-state index in [2.05, 4.69) is 15.9 Å². The SMILES string of the molecule is Cc1cccc(C=O)c1OCc1c(F)ccc(Br)c1F. The lowest BCUT2D eigenvalue weighted by Crippen LogP contribution is -2.05. The van der Waals surface area contributed by atoms with E-state index in [-0.39, 0.29) is 16.6 Å². The molecular weight excluding hydrogens is 330 g/mol. The van der Waals surface area contributed by atoms with Crippen molar-refractivity contribution in [2.45, 2.75) is 13.5 Å². The van der Waals surface area contributed by atoms with Crippen molar-refractivity contribution in [3.63, 3.8) is 0 Å². The lowest BCUT2D eigenvalue weighted by Gasteiger charge is -2.12. The zero-order valence-electron chi connectivity index (χ0n) is 10.6. The average molecular weight is 341 g/mol. The molecule has 20 heavy (non-hydrogen) atoms. The number of carbonyl (C=O) groups excluding carboxylic acids is 1. The molecule has 0 amide bonds. The molecule has 2 rings (SSSR count). The van der Waals surface area contributed by atoms with Gasteiger partial charge in [-0.05, 0) is 46.6 Å². The molecule has 2 aromatic carbocycles. The largest absolute Gasteiger partial charge is 0.488 e. The van der Waals surface area contributed by atoms with Gasteiger partial charge in [-0.15, -0.1) is 0 Å². The molecule has 0 bridgehead atoms. The Morgan fingerprint density at radius 1 is 1.25 bits per heavy atom. The average Bonchev–Trinajstić information content (AvgIpc) is 2.44. The Balaban J connectivity index is 2.30. The first kappa shape index (κ1) is 14.7. The number of aryl methyl sites for hydroxylation is 1. The summed E-state index contributed by atoms with van der Waals surface area (Å²) >= 11 is 3.00. The van der Waals surface area contributed by atoms with Gasteiger partial charge in [0.15, 0.2) is 6.29 Å². The van der Waals surface area contributed by atoms with Gasteiger partial charge in [0, 0.05) is 0 Å². The monoisotopic (exact) mass is 340 g/mol. The van der Waals surface area contributed by atoms with Crippen LogP contribution in [0.5, 0.6) is 5.75 Å². The molecule has 0 heterocycles. The molecule has 0 atom stereocenters. The summed E-state index contributed by atoms with van der Waals surface area (Å²) in [4.78, 5) is 10.9. The Morgan fingerprint density at radius 2 is 2.00 bits per heavy atom. The Hall–Kier alpha value is -1.75. The second kappa shape index (κ2) is 6.13. The van der Waals surface area contributed by atoms with Gasteiger partial charge in [0.2, 0.25) is 0 Å². The molecule has 104 valence electrons. The third-order valence-electron chi connectivity index (χ3n) is 2.87. The fraction of sp³-hybridized carbons (Fsp3) is 0.133. The molecule has 0 aliphatic carbocycles. The molecule has 0 spiro atoms. The Kier molecular flexibility index (Phi) is 4.49. The number of para-hydroxylation sites is 1. The van der Waals surface area contributed by atoms with Gasteiger partial charge in [-0.2, -0.15) is 0 Å². The van der Waals surface area contributed by atoms with Crippen molar-refractivity contribution in [3.8, 4) is 5.75 Å². The summed E-state index contributed by atoms with van der Waals surface area (Å²) in [6.45, 7) is 1.47. The van der Waals surface area contributed by atoms with E-state index >= 15 is 0 Å². The molecule has 0 saturated carbocycles. The molecule has 0 aliphatic rings. The highest BCUT2D eigenvalue weighted by Gasteiger charge is 2.14. The maximum Gasteiger partial charge on any atom is 0.153 e. The van der Waals surface area contributed by atoms with Gasteiger partial charge in [-0.3, -0.25) is 4.79 Å². The number of ether oxygens (including phenoxy) is 1. The minimum atomic E-state index is -0.703. The lowest BCUT2D eigenvalue weighted by atomic mass is 10.1. The van der Waals surface area contributed by atoms with Crippen LogP contribution in [0.2, 0.25) is 0 Å². The van der Waals surface area contributed by atoms with Crippen LogP contribution in [0.15, 0.2) is 34.8 Å². The Morgan fingerprint density at radius 3 is 2.70 bits per heavy atom. The molecule has 0 fully saturated rings. The number of hydrogen-bond donors (Lipinski definition) is 0. The zero-order chi connectivity index (χ0) is 14.7. The van der Waals surface area contributed by atoms with Crippen molar-refractivity contribution < 1.29 is 18.3 Å². The first-order valence-corrected chi connectivity index (χ1v) is 6.64. The van der Waals surface area contributed by atoms with Crippen molar-refractivity contribution in [3.05, 3.63) is 63.1 Å². The standard InChI is InChI=1S/C15H11BrF2O2/c1-9-3-2-4-10(7-19)15(9)20-8-11-13(17)6-5-12(16)14(11)18/h2-7H,8H2,1H3. The highest BCUT2D eigenvalue weighted by atomic mass is 79.9. The second-order valence-electron chi connectivity index (χ2n) is 4.22. The van der Waals surface area contributed by atoms with Crippen LogP contribution in [0.4, 0.5) is 8.78 Å². The second-order valence-corrected chi connectivity index (χ2v) is 5.08. The summed E-state index contributed by atoms with van der Waals surface area (Å²) in [7, 11) is 0. The Bertz CT molecular complexity index is 657. The third kappa shape index (κ3) is 2.88. The number of hydrogen-bond acceptors (Lipinski definition) is 2. The molecule has 0 unspecified atom stereocenters. The fourth-order valence-electron chi connectivity index (χ4n) is 1.81.